The molecule has 0 aliphatic rings. The third-order valence-corrected chi connectivity index (χ3v) is 3.49. The van der Waals surface area contributed by atoms with Gasteiger partial charge in [-0.3, -0.25) is 4.79 Å². The molecule has 0 spiro atoms. The summed E-state index contributed by atoms with van der Waals surface area (Å²) in [6.07, 6.45) is 0. The number of hydrogen-bond acceptors (Lipinski definition) is 3. The highest BCUT2D eigenvalue weighted by molar-refractivity contribution is 6.18. The second kappa shape index (κ2) is 5.29. The van der Waals surface area contributed by atoms with Crippen molar-refractivity contribution in [1.29, 1.82) is 0 Å². The molecule has 0 saturated carbocycles. The lowest BCUT2D eigenvalue weighted by molar-refractivity contribution is 0.103. The molecule has 0 atom stereocenters. The van der Waals surface area contributed by atoms with E-state index in [4.69, 9.17) is 4.74 Å². The average molecular weight is 278 g/mol. The first-order valence-corrected chi connectivity index (χ1v) is 6.61. The van der Waals surface area contributed by atoms with Crippen LogP contribution >= 0.6 is 0 Å². The summed E-state index contributed by atoms with van der Waals surface area (Å²) in [6.45, 7) is 0. The molecule has 104 valence electrons. The molecule has 0 aliphatic heterocycles. The van der Waals surface area contributed by atoms with Crippen molar-refractivity contribution in [2.75, 3.05) is 7.11 Å². The molecular weight excluding hydrogens is 264 g/mol. The van der Waals surface area contributed by atoms with Gasteiger partial charge < -0.3 is 9.84 Å². The zero-order valence-electron chi connectivity index (χ0n) is 11.5. The summed E-state index contributed by atoms with van der Waals surface area (Å²) < 4.78 is 5.20. The highest BCUT2D eigenvalue weighted by Crippen LogP contribution is 2.31. The van der Waals surface area contributed by atoms with Crippen LogP contribution in [0.3, 0.4) is 0 Å². The molecule has 21 heavy (non-hydrogen) atoms. The van der Waals surface area contributed by atoms with Crippen molar-refractivity contribution in [3.63, 3.8) is 0 Å². The largest absolute Gasteiger partial charge is 0.507 e. The van der Waals surface area contributed by atoms with Gasteiger partial charge in [-0.05, 0) is 22.9 Å². The number of ketones is 1. The van der Waals surface area contributed by atoms with Gasteiger partial charge in [0.1, 0.15) is 17.1 Å². The van der Waals surface area contributed by atoms with Crippen LogP contribution in [0, 0.1) is 0 Å². The first kappa shape index (κ1) is 13.2. The number of ether oxygens (including phenoxy) is 1. The molecule has 3 heteroatoms. The van der Waals surface area contributed by atoms with Gasteiger partial charge >= 0.3 is 0 Å². The van der Waals surface area contributed by atoms with E-state index in [0.29, 0.717) is 11.3 Å². The quantitative estimate of drug-likeness (QED) is 0.741. The molecule has 0 radical (unpaired) electrons. The molecule has 3 rings (SSSR count). The second-order valence-electron chi connectivity index (χ2n) is 4.71. The molecule has 0 fully saturated rings. The van der Waals surface area contributed by atoms with Gasteiger partial charge in [0.2, 0.25) is 5.78 Å². The maximum atomic E-state index is 12.8. The Bertz CT molecular complexity index is 816. The molecule has 3 aromatic carbocycles. The summed E-state index contributed by atoms with van der Waals surface area (Å²) in [5, 5.41) is 11.9. The third kappa shape index (κ3) is 2.23. The van der Waals surface area contributed by atoms with Gasteiger partial charge in [-0.25, -0.2) is 0 Å². The van der Waals surface area contributed by atoms with Crippen molar-refractivity contribution < 1.29 is 14.6 Å². The Morgan fingerprint density at radius 2 is 1.67 bits per heavy atom. The summed E-state index contributed by atoms with van der Waals surface area (Å²) in [5.41, 5.74) is 0.740. The van der Waals surface area contributed by atoms with Gasteiger partial charge in [-0.1, -0.05) is 48.5 Å². The maximum Gasteiger partial charge on any atom is 0.201 e. The Morgan fingerprint density at radius 1 is 0.952 bits per heavy atom. The van der Waals surface area contributed by atoms with Crippen LogP contribution in [0.15, 0.2) is 60.7 Å². The Hall–Kier alpha value is -2.81. The fourth-order valence-electron chi connectivity index (χ4n) is 2.48. The molecule has 3 nitrogen and oxygen atoms in total. The molecular formula is C18H14O3. The minimum Gasteiger partial charge on any atom is -0.507 e. The summed E-state index contributed by atoms with van der Waals surface area (Å²) in [6, 6.07) is 18.0. The number of rotatable bonds is 3. The highest BCUT2D eigenvalue weighted by atomic mass is 16.5. The van der Waals surface area contributed by atoms with Gasteiger partial charge in [0, 0.05) is 5.56 Å². The predicted molar refractivity (Wildman–Crippen MR) is 82.0 cm³/mol. The smallest absolute Gasteiger partial charge is 0.201 e. The molecule has 0 saturated heterocycles. The highest BCUT2D eigenvalue weighted by Gasteiger charge is 2.20. The van der Waals surface area contributed by atoms with Crippen molar-refractivity contribution in [2.24, 2.45) is 0 Å². The normalized spacial score (nSPS) is 10.5. The van der Waals surface area contributed by atoms with E-state index in [-0.39, 0.29) is 17.1 Å². The molecule has 0 aromatic heterocycles. The number of aromatic hydroxyl groups is 1. The van der Waals surface area contributed by atoms with E-state index >= 15 is 0 Å². The molecule has 1 N–H and O–H groups in total. The summed E-state index contributed by atoms with van der Waals surface area (Å²) >= 11 is 0. The standard InChI is InChI=1S/C18H14O3/c1-21-16-11-5-10-15(19)17(16)18(20)14-9-4-7-12-6-2-3-8-13(12)14/h2-11,19H,1H3. The van der Waals surface area contributed by atoms with Crippen molar-refractivity contribution in [1.82, 2.24) is 0 Å². The van der Waals surface area contributed by atoms with E-state index in [0.717, 1.165) is 10.8 Å². The Balaban J connectivity index is 2.23. The lowest BCUT2D eigenvalue weighted by atomic mass is 9.96. The Labute approximate surface area is 122 Å². The van der Waals surface area contributed by atoms with Gasteiger partial charge in [-0.2, -0.15) is 0 Å². The number of phenolic OH excluding ortho intramolecular Hbond substituents is 1. The van der Waals surface area contributed by atoms with Crippen molar-refractivity contribution in [3.8, 4) is 11.5 Å². The zero-order valence-corrected chi connectivity index (χ0v) is 11.5. The first-order chi connectivity index (χ1) is 10.2. The second-order valence-corrected chi connectivity index (χ2v) is 4.71. The van der Waals surface area contributed by atoms with E-state index in [9.17, 15) is 9.90 Å². The Morgan fingerprint density at radius 3 is 2.48 bits per heavy atom. The van der Waals surface area contributed by atoms with Crippen molar-refractivity contribution in [2.45, 2.75) is 0 Å². The van der Waals surface area contributed by atoms with E-state index < -0.39 is 0 Å². The van der Waals surface area contributed by atoms with Crippen LogP contribution in [0.25, 0.3) is 10.8 Å². The average Bonchev–Trinajstić information content (AvgIpc) is 2.53. The van der Waals surface area contributed by atoms with Crippen LogP contribution in [-0.4, -0.2) is 18.0 Å². The number of fused-ring (bicyclic) bond motifs is 1. The summed E-state index contributed by atoms with van der Waals surface area (Å²) in [4.78, 5) is 12.8. The molecule has 0 unspecified atom stereocenters. The molecule has 0 heterocycles. The third-order valence-electron chi connectivity index (χ3n) is 3.49. The van der Waals surface area contributed by atoms with Crippen LogP contribution in [0.1, 0.15) is 15.9 Å². The van der Waals surface area contributed by atoms with Gasteiger partial charge in [-0.15, -0.1) is 0 Å². The number of carbonyl (C=O) groups excluding carboxylic acids is 1. The number of carbonyl (C=O) groups is 1. The monoisotopic (exact) mass is 278 g/mol. The van der Waals surface area contributed by atoms with Crippen molar-refractivity contribution in [3.05, 3.63) is 71.8 Å². The lowest BCUT2D eigenvalue weighted by Crippen LogP contribution is -2.05. The minimum absolute atomic E-state index is 0.0766. The van der Waals surface area contributed by atoms with E-state index in [1.165, 1.54) is 13.2 Å². The molecule has 0 amide bonds. The Kier molecular flexibility index (Phi) is 3.32. The van der Waals surface area contributed by atoms with Crippen LogP contribution < -0.4 is 4.74 Å². The van der Waals surface area contributed by atoms with E-state index in [2.05, 4.69) is 0 Å². The predicted octanol–water partition coefficient (Wildman–Crippen LogP) is 3.79. The van der Waals surface area contributed by atoms with Crippen LogP contribution in [0.5, 0.6) is 11.5 Å². The number of benzene rings is 3. The molecule has 3 aromatic rings. The summed E-state index contributed by atoms with van der Waals surface area (Å²) in [7, 11) is 1.48. The topological polar surface area (TPSA) is 46.5 Å². The minimum atomic E-state index is -0.248. The van der Waals surface area contributed by atoms with E-state index in [1.54, 1.807) is 18.2 Å². The number of phenols is 1. The fraction of sp³-hybridized carbons (Fsp3) is 0.0556. The van der Waals surface area contributed by atoms with Crippen LogP contribution in [0.4, 0.5) is 0 Å². The van der Waals surface area contributed by atoms with Gasteiger partial charge in [0.05, 0.1) is 7.11 Å². The SMILES string of the molecule is COc1cccc(O)c1C(=O)c1cccc2ccccc12. The number of methoxy groups -OCH3 is 1. The van der Waals surface area contributed by atoms with E-state index in [1.807, 2.05) is 36.4 Å². The lowest BCUT2D eigenvalue weighted by Gasteiger charge is -2.11. The van der Waals surface area contributed by atoms with Gasteiger partial charge in [0.25, 0.3) is 0 Å². The van der Waals surface area contributed by atoms with Crippen LogP contribution in [0.2, 0.25) is 0 Å². The van der Waals surface area contributed by atoms with Crippen LogP contribution in [-0.2, 0) is 0 Å². The first-order valence-electron chi connectivity index (χ1n) is 6.61. The summed E-state index contributed by atoms with van der Waals surface area (Å²) in [5.74, 6) is 0.0435. The maximum absolute atomic E-state index is 12.8. The molecule has 0 aliphatic carbocycles. The molecule has 0 bridgehead atoms. The van der Waals surface area contributed by atoms with Gasteiger partial charge in [0.15, 0.2) is 0 Å². The van der Waals surface area contributed by atoms with Crippen molar-refractivity contribution >= 4 is 16.6 Å². The fourth-order valence-corrected chi connectivity index (χ4v) is 2.48. The zero-order chi connectivity index (χ0) is 14.8. The number of hydrogen-bond donors (Lipinski definition) is 1.